The Morgan fingerprint density at radius 2 is 1.76 bits per heavy atom. The van der Waals surface area contributed by atoms with Gasteiger partial charge >= 0.3 is 0 Å². The lowest BCUT2D eigenvalue weighted by atomic mass is 10.1. The number of aromatic nitrogens is 2. The van der Waals surface area contributed by atoms with Crippen LogP contribution in [0.15, 0.2) is 52.4 Å². The van der Waals surface area contributed by atoms with Crippen molar-refractivity contribution in [3.8, 4) is 22.5 Å². The fraction of sp³-hybridized carbons (Fsp3) is 0.0500. The number of hydrogen-bond donors (Lipinski definition) is 1. The highest BCUT2D eigenvalue weighted by Crippen LogP contribution is 2.37. The van der Waals surface area contributed by atoms with Gasteiger partial charge in [-0.1, -0.05) is 58.2 Å². The van der Waals surface area contributed by atoms with Gasteiger partial charge in [0.2, 0.25) is 0 Å². The average Bonchev–Trinajstić information content (AvgIpc) is 3.29. The molecule has 9 heteroatoms. The molecule has 0 unspecified atom stereocenters. The number of amides is 1. The number of carbonyl (C=O) groups is 1. The Kier molecular flexibility index (Phi) is 5.61. The van der Waals surface area contributed by atoms with E-state index in [0.29, 0.717) is 31.5 Å². The molecule has 4 aromatic rings. The number of carbonyl (C=O) groups excluding carboxylic acids is 1. The van der Waals surface area contributed by atoms with E-state index in [0.717, 1.165) is 11.3 Å². The summed E-state index contributed by atoms with van der Waals surface area (Å²) in [7, 11) is 0. The van der Waals surface area contributed by atoms with Crippen LogP contribution in [0.25, 0.3) is 22.5 Å². The van der Waals surface area contributed by atoms with Crippen LogP contribution in [0.4, 0.5) is 5.13 Å². The van der Waals surface area contributed by atoms with Gasteiger partial charge < -0.3 is 4.52 Å². The smallest absolute Gasteiger partial charge is 0.263 e. The molecule has 0 atom stereocenters. The first-order valence-electron chi connectivity index (χ1n) is 8.37. The molecule has 0 saturated heterocycles. The Balaban J connectivity index is 1.64. The molecule has 4 rings (SSSR count). The first kappa shape index (κ1) is 19.9. The van der Waals surface area contributed by atoms with Crippen molar-refractivity contribution in [2.24, 2.45) is 0 Å². The van der Waals surface area contributed by atoms with Crippen LogP contribution in [-0.2, 0) is 0 Å². The number of aryl methyl sites for hydroxylation is 1. The lowest BCUT2D eigenvalue weighted by Crippen LogP contribution is -2.13. The summed E-state index contributed by atoms with van der Waals surface area (Å²) in [4.78, 5) is 17.4. The zero-order valence-electron chi connectivity index (χ0n) is 14.9. The van der Waals surface area contributed by atoms with Gasteiger partial charge in [0.1, 0.15) is 17.0 Å². The summed E-state index contributed by atoms with van der Waals surface area (Å²) >= 11 is 19.8. The normalized spacial score (nSPS) is 10.9. The second-order valence-corrected chi connectivity index (χ2v) is 8.17. The van der Waals surface area contributed by atoms with Crippen molar-refractivity contribution in [2.45, 2.75) is 6.92 Å². The monoisotopic (exact) mass is 463 g/mol. The van der Waals surface area contributed by atoms with Crippen molar-refractivity contribution in [1.82, 2.24) is 10.1 Å². The molecular weight excluding hydrogens is 453 g/mol. The lowest BCUT2D eigenvalue weighted by molar-refractivity contribution is 0.102. The summed E-state index contributed by atoms with van der Waals surface area (Å²) < 4.78 is 5.25. The van der Waals surface area contributed by atoms with Gasteiger partial charge in [0.15, 0.2) is 5.13 Å². The van der Waals surface area contributed by atoms with Crippen molar-refractivity contribution in [2.75, 3.05) is 5.32 Å². The molecule has 0 fully saturated rings. The predicted molar refractivity (Wildman–Crippen MR) is 117 cm³/mol. The quantitative estimate of drug-likeness (QED) is 0.353. The summed E-state index contributed by atoms with van der Waals surface area (Å²) in [5.41, 5.74) is 2.61. The minimum Gasteiger partial charge on any atom is -0.360 e. The van der Waals surface area contributed by atoms with Crippen LogP contribution in [0.2, 0.25) is 15.1 Å². The van der Waals surface area contributed by atoms with Crippen molar-refractivity contribution in [1.29, 1.82) is 0 Å². The van der Waals surface area contributed by atoms with E-state index in [-0.39, 0.29) is 11.3 Å². The number of rotatable bonds is 4. The minimum atomic E-state index is -0.410. The van der Waals surface area contributed by atoms with Crippen molar-refractivity contribution in [3.05, 3.63) is 74.2 Å². The Morgan fingerprint density at radius 1 is 1.07 bits per heavy atom. The minimum absolute atomic E-state index is 0.253. The molecule has 2 aromatic heterocycles. The van der Waals surface area contributed by atoms with Crippen molar-refractivity contribution >= 4 is 57.2 Å². The second kappa shape index (κ2) is 8.16. The number of halogens is 3. The fourth-order valence-electron chi connectivity index (χ4n) is 2.78. The Hall–Kier alpha value is -2.38. The Labute approximate surface area is 185 Å². The number of thiazole rings is 1. The van der Waals surface area contributed by atoms with Crippen LogP contribution in [-0.4, -0.2) is 16.0 Å². The molecule has 0 saturated carbocycles. The molecule has 2 heterocycles. The molecule has 0 spiro atoms. The van der Waals surface area contributed by atoms with E-state index in [1.807, 2.05) is 17.5 Å². The zero-order chi connectivity index (χ0) is 20.5. The molecule has 0 aliphatic rings. The summed E-state index contributed by atoms with van der Waals surface area (Å²) in [5.74, 6) is -0.0605. The summed E-state index contributed by atoms with van der Waals surface area (Å²) in [5, 5.41) is 10.5. The molecule has 0 aliphatic heterocycles. The number of nitrogens with zero attached hydrogens (tertiary/aromatic N) is 2. The van der Waals surface area contributed by atoms with Gasteiger partial charge in [-0.05, 0) is 31.2 Å². The Bertz CT molecular complexity index is 1180. The standard InChI is InChI=1S/C20H12Cl3N3O2S/c1-10-16(18(26-28-10)17-13(22)3-2-4-14(17)23)19(27)25-20-24-15(9-29-20)11-5-7-12(21)8-6-11/h2-9H,1H3,(H,24,25,27). The van der Waals surface area contributed by atoms with E-state index >= 15 is 0 Å². The van der Waals surface area contributed by atoms with Gasteiger partial charge in [-0.2, -0.15) is 0 Å². The summed E-state index contributed by atoms with van der Waals surface area (Å²) in [6.45, 7) is 1.65. The third-order valence-electron chi connectivity index (χ3n) is 4.15. The maximum Gasteiger partial charge on any atom is 0.263 e. The van der Waals surface area contributed by atoms with Crippen LogP contribution in [0.3, 0.4) is 0 Å². The van der Waals surface area contributed by atoms with Gasteiger partial charge in [-0.3, -0.25) is 10.1 Å². The molecule has 146 valence electrons. The fourth-order valence-corrected chi connectivity index (χ4v) is 4.20. The highest BCUT2D eigenvalue weighted by atomic mass is 35.5. The van der Waals surface area contributed by atoms with E-state index in [1.54, 1.807) is 37.3 Å². The SMILES string of the molecule is Cc1onc(-c2c(Cl)cccc2Cl)c1C(=O)Nc1nc(-c2ccc(Cl)cc2)cs1. The number of anilines is 1. The predicted octanol–water partition coefficient (Wildman–Crippen LogP) is 6.99. The maximum atomic E-state index is 13.0. The third-order valence-corrected chi connectivity index (χ3v) is 5.79. The van der Waals surface area contributed by atoms with Crippen LogP contribution in [0.1, 0.15) is 16.1 Å². The van der Waals surface area contributed by atoms with E-state index in [9.17, 15) is 4.79 Å². The molecule has 29 heavy (non-hydrogen) atoms. The average molecular weight is 465 g/mol. The molecule has 0 bridgehead atoms. The highest BCUT2D eigenvalue weighted by molar-refractivity contribution is 7.14. The number of benzene rings is 2. The molecule has 1 amide bonds. The molecule has 2 aromatic carbocycles. The summed E-state index contributed by atoms with van der Waals surface area (Å²) in [6.07, 6.45) is 0. The van der Waals surface area contributed by atoms with Crippen molar-refractivity contribution in [3.63, 3.8) is 0 Å². The van der Waals surface area contributed by atoms with Crippen LogP contribution < -0.4 is 5.32 Å². The van der Waals surface area contributed by atoms with Crippen LogP contribution >= 0.6 is 46.1 Å². The second-order valence-electron chi connectivity index (χ2n) is 6.06. The topological polar surface area (TPSA) is 68.0 Å². The molecule has 1 N–H and O–H groups in total. The Morgan fingerprint density at radius 3 is 2.45 bits per heavy atom. The van der Waals surface area contributed by atoms with E-state index in [4.69, 9.17) is 39.3 Å². The van der Waals surface area contributed by atoms with E-state index in [1.165, 1.54) is 11.3 Å². The van der Waals surface area contributed by atoms with Gasteiger partial charge in [-0.25, -0.2) is 4.98 Å². The molecule has 0 aliphatic carbocycles. The zero-order valence-corrected chi connectivity index (χ0v) is 18.0. The van der Waals surface area contributed by atoms with Gasteiger partial charge in [-0.15, -0.1) is 11.3 Å². The third kappa shape index (κ3) is 4.02. The number of nitrogens with one attached hydrogen (secondary N) is 1. The van der Waals surface area contributed by atoms with Crippen LogP contribution in [0, 0.1) is 6.92 Å². The molecule has 0 radical (unpaired) electrons. The molecule has 5 nitrogen and oxygen atoms in total. The van der Waals surface area contributed by atoms with E-state index in [2.05, 4.69) is 15.5 Å². The van der Waals surface area contributed by atoms with Crippen molar-refractivity contribution < 1.29 is 9.32 Å². The van der Waals surface area contributed by atoms with E-state index < -0.39 is 5.91 Å². The first-order valence-corrected chi connectivity index (χ1v) is 10.4. The number of hydrogen-bond acceptors (Lipinski definition) is 5. The maximum absolute atomic E-state index is 13.0. The molecular formula is C20H12Cl3N3O2S. The summed E-state index contributed by atoms with van der Waals surface area (Å²) in [6, 6.07) is 12.4. The lowest BCUT2D eigenvalue weighted by Gasteiger charge is -2.06. The first-order chi connectivity index (χ1) is 13.9. The van der Waals surface area contributed by atoms with Gasteiger partial charge in [0.25, 0.3) is 5.91 Å². The highest BCUT2D eigenvalue weighted by Gasteiger charge is 2.25. The van der Waals surface area contributed by atoms with Gasteiger partial charge in [0, 0.05) is 21.5 Å². The van der Waals surface area contributed by atoms with Crippen LogP contribution in [0.5, 0.6) is 0 Å². The van der Waals surface area contributed by atoms with Gasteiger partial charge in [0.05, 0.1) is 15.7 Å². The largest absolute Gasteiger partial charge is 0.360 e.